The summed E-state index contributed by atoms with van der Waals surface area (Å²) in [6.07, 6.45) is 10.9. The topological polar surface area (TPSA) is 49.6 Å². The summed E-state index contributed by atoms with van der Waals surface area (Å²) in [5, 5.41) is 0. The van der Waals surface area contributed by atoms with Gasteiger partial charge in [0.1, 0.15) is 0 Å². The van der Waals surface area contributed by atoms with E-state index in [1.807, 2.05) is 6.07 Å². The maximum atomic E-state index is 13.2. The van der Waals surface area contributed by atoms with E-state index in [-0.39, 0.29) is 23.9 Å². The predicted molar refractivity (Wildman–Crippen MR) is 121 cm³/mol. The Morgan fingerprint density at radius 2 is 1.66 bits per heavy atom. The second-order valence-electron chi connectivity index (χ2n) is 9.43. The SMILES string of the molecule is Cl.N[C@@H](CCN1CCC2(CC1)CCN(CC1CCCCC1)C2=O)c1ccccc1. The van der Waals surface area contributed by atoms with Gasteiger partial charge in [0.15, 0.2) is 0 Å². The molecule has 1 aromatic carbocycles. The predicted octanol–water partition coefficient (Wildman–Crippen LogP) is 4.39. The average molecular weight is 420 g/mol. The zero-order chi connectivity index (χ0) is 19.4. The smallest absolute Gasteiger partial charge is 0.228 e. The van der Waals surface area contributed by atoms with Gasteiger partial charge in [-0.25, -0.2) is 0 Å². The molecule has 0 radical (unpaired) electrons. The van der Waals surface area contributed by atoms with E-state index in [4.69, 9.17) is 5.73 Å². The molecule has 4 nitrogen and oxygen atoms in total. The summed E-state index contributed by atoms with van der Waals surface area (Å²) in [4.78, 5) is 17.9. The lowest BCUT2D eigenvalue weighted by atomic mass is 9.77. The number of halogens is 1. The third-order valence-electron chi connectivity index (χ3n) is 7.60. The van der Waals surface area contributed by atoms with Gasteiger partial charge in [-0.05, 0) is 69.6 Å². The van der Waals surface area contributed by atoms with Gasteiger partial charge in [-0.2, -0.15) is 0 Å². The van der Waals surface area contributed by atoms with E-state index in [0.29, 0.717) is 5.91 Å². The van der Waals surface area contributed by atoms with Gasteiger partial charge in [0, 0.05) is 19.1 Å². The Bertz CT molecular complexity index is 639. The molecule has 0 unspecified atom stereocenters. The van der Waals surface area contributed by atoms with Crippen LogP contribution >= 0.6 is 12.4 Å². The minimum Gasteiger partial charge on any atom is -0.342 e. The fourth-order valence-corrected chi connectivity index (χ4v) is 5.61. The Morgan fingerprint density at radius 3 is 2.34 bits per heavy atom. The zero-order valence-electron chi connectivity index (χ0n) is 17.7. The molecule has 162 valence electrons. The summed E-state index contributed by atoms with van der Waals surface area (Å²) in [6.45, 7) is 5.14. The van der Waals surface area contributed by atoms with Crippen LogP contribution in [0.25, 0.3) is 0 Å². The Morgan fingerprint density at radius 1 is 1.00 bits per heavy atom. The van der Waals surface area contributed by atoms with Crippen LogP contribution in [0.5, 0.6) is 0 Å². The molecule has 2 heterocycles. The fourth-order valence-electron chi connectivity index (χ4n) is 5.61. The summed E-state index contributed by atoms with van der Waals surface area (Å²) >= 11 is 0. The van der Waals surface area contributed by atoms with Crippen molar-refractivity contribution in [2.75, 3.05) is 32.7 Å². The normalized spacial score (nSPS) is 23.9. The molecule has 3 aliphatic rings. The molecule has 1 aromatic rings. The lowest BCUT2D eigenvalue weighted by Crippen LogP contribution is -2.45. The van der Waals surface area contributed by atoms with E-state index in [2.05, 4.69) is 34.1 Å². The van der Waals surface area contributed by atoms with Crippen LogP contribution in [0.4, 0.5) is 0 Å². The fraction of sp³-hybridized carbons (Fsp3) is 0.708. The molecule has 1 atom stereocenters. The van der Waals surface area contributed by atoms with E-state index in [0.717, 1.165) is 64.3 Å². The molecule has 2 aliphatic heterocycles. The minimum absolute atomic E-state index is 0. The van der Waals surface area contributed by atoms with Crippen molar-refractivity contribution in [3.8, 4) is 0 Å². The first-order valence-electron chi connectivity index (χ1n) is 11.5. The van der Waals surface area contributed by atoms with Gasteiger partial charge >= 0.3 is 0 Å². The molecular weight excluding hydrogens is 382 g/mol. The largest absolute Gasteiger partial charge is 0.342 e. The van der Waals surface area contributed by atoms with Gasteiger partial charge in [0.05, 0.1) is 5.41 Å². The van der Waals surface area contributed by atoms with E-state index >= 15 is 0 Å². The Labute approximate surface area is 182 Å². The van der Waals surface area contributed by atoms with Gasteiger partial charge in [-0.3, -0.25) is 4.79 Å². The van der Waals surface area contributed by atoms with E-state index < -0.39 is 0 Å². The molecule has 1 saturated carbocycles. The number of likely N-dealkylation sites (tertiary alicyclic amines) is 2. The summed E-state index contributed by atoms with van der Waals surface area (Å²) in [7, 11) is 0. The van der Waals surface area contributed by atoms with Gasteiger partial charge in [0.2, 0.25) is 5.91 Å². The highest BCUT2D eigenvalue weighted by Gasteiger charge is 2.48. The number of benzene rings is 1. The maximum absolute atomic E-state index is 13.2. The third kappa shape index (κ3) is 5.34. The lowest BCUT2D eigenvalue weighted by molar-refractivity contribution is -0.139. The standard InChI is InChI=1S/C24H37N3O.ClH/c25-22(21-9-5-2-6-10-21)11-15-26-16-12-24(13-17-26)14-18-27(23(24)28)19-20-7-3-1-4-8-20;/h2,5-6,9-10,20,22H,1,3-4,7-8,11-19,25H2;1H/t22-;/m0./s1. The van der Waals surface area contributed by atoms with Gasteiger partial charge in [-0.15, -0.1) is 12.4 Å². The number of piperidine rings is 1. The summed E-state index contributed by atoms with van der Waals surface area (Å²) < 4.78 is 0. The highest BCUT2D eigenvalue weighted by atomic mass is 35.5. The van der Waals surface area contributed by atoms with Crippen molar-refractivity contribution in [2.45, 2.75) is 63.8 Å². The van der Waals surface area contributed by atoms with Crippen LogP contribution in [0.15, 0.2) is 30.3 Å². The number of carbonyl (C=O) groups excluding carboxylic acids is 1. The Kier molecular flexibility index (Phi) is 8.00. The van der Waals surface area contributed by atoms with Crippen LogP contribution in [-0.4, -0.2) is 48.4 Å². The van der Waals surface area contributed by atoms with E-state index in [1.54, 1.807) is 0 Å². The molecule has 1 aliphatic carbocycles. The van der Waals surface area contributed by atoms with Crippen molar-refractivity contribution in [1.29, 1.82) is 0 Å². The quantitative estimate of drug-likeness (QED) is 0.743. The molecular formula is C24H38ClN3O. The van der Waals surface area contributed by atoms with Crippen molar-refractivity contribution >= 4 is 18.3 Å². The van der Waals surface area contributed by atoms with Crippen LogP contribution in [0.3, 0.4) is 0 Å². The molecule has 4 rings (SSSR count). The second kappa shape index (κ2) is 10.3. The van der Waals surface area contributed by atoms with Gasteiger partial charge in [0.25, 0.3) is 0 Å². The molecule has 2 N–H and O–H groups in total. The monoisotopic (exact) mass is 419 g/mol. The summed E-state index contributed by atoms with van der Waals surface area (Å²) in [5.41, 5.74) is 7.54. The second-order valence-corrected chi connectivity index (χ2v) is 9.43. The highest BCUT2D eigenvalue weighted by Crippen LogP contribution is 2.42. The molecule has 2 saturated heterocycles. The summed E-state index contributed by atoms with van der Waals surface area (Å²) in [5.74, 6) is 1.23. The number of nitrogens with two attached hydrogens (primary N) is 1. The number of hydrogen-bond donors (Lipinski definition) is 1. The van der Waals surface area contributed by atoms with Gasteiger partial charge in [-0.1, -0.05) is 49.6 Å². The number of nitrogens with zero attached hydrogens (tertiary/aromatic N) is 2. The van der Waals surface area contributed by atoms with E-state index in [9.17, 15) is 4.79 Å². The first-order chi connectivity index (χ1) is 13.7. The van der Waals surface area contributed by atoms with E-state index in [1.165, 1.54) is 37.7 Å². The van der Waals surface area contributed by atoms with Crippen LogP contribution in [0.2, 0.25) is 0 Å². The minimum atomic E-state index is -0.0489. The molecule has 0 aromatic heterocycles. The van der Waals surface area contributed by atoms with Crippen molar-refractivity contribution in [2.24, 2.45) is 17.1 Å². The molecule has 1 spiro atoms. The van der Waals surface area contributed by atoms with Crippen LogP contribution in [-0.2, 0) is 4.79 Å². The Balaban J connectivity index is 0.00000240. The highest BCUT2D eigenvalue weighted by molar-refractivity contribution is 5.85. The molecule has 1 amide bonds. The number of amides is 1. The van der Waals surface area contributed by atoms with Crippen molar-refractivity contribution in [3.05, 3.63) is 35.9 Å². The van der Waals surface area contributed by atoms with Crippen LogP contribution in [0.1, 0.15) is 69.4 Å². The maximum Gasteiger partial charge on any atom is 0.228 e. The molecule has 29 heavy (non-hydrogen) atoms. The number of carbonyl (C=O) groups is 1. The molecule has 0 bridgehead atoms. The van der Waals surface area contributed by atoms with Crippen molar-refractivity contribution in [1.82, 2.24) is 9.80 Å². The zero-order valence-corrected chi connectivity index (χ0v) is 18.5. The molecule has 3 fully saturated rings. The number of rotatable bonds is 6. The van der Waals surface area contributed by atoms with Gasteiger partial charge < -0.3 is 15.5 Å². The van der Waals surface area contributed by atoms with Crippen molar-refractivity contribution < 1.29 is 4.79 Å². The first kappa shape index (κ1) is 22.6. The number of hydrogen-bond acceptors (Lipinski definition) is 3. The summed E-state index contributed by atoms with van der Waals surface area (Å²) in [6, 6.07) is 10.5. The van der Waals surface area contributed by atoms with Crippen molar-refractivity contribution in [3.63, 3.8) is 0 Å². The van der Waals surface area contributed by atoms with Crippen LogP contribution < -0.4 is 5.73 Å². The average Bonchev–Trinajstić information content (AvgIpc) is 3.04. The van der Waals surface area contributed by atoms with Crippen LogP contribution in [0, 0.1) is 11.3 Å². The lowest BCUT2D eigenvalue weighted by Gasteiger charge is -2.38. The Hall–Kier alpha value is -1.10. The first-order valence-corrected chi connectivity index (χ1v) is 11.5. The third-order valence-corrected chi connectivity index (χ3v) is 7.60. The molecule has 5 heteroatoms.